The zero-order chi connectivity index (χ0) is 21.8. The van der Waals surface area contributed by atoms with Gasteiger partial charge in [0.25, 0.3) is 0 Å². The second kappa shape index (κ2) is 19.9. The number of hydrogen-bond acceptors (Lipinski definition) is 3. The highest BCUT2D eigenvalue weighted by Crippen LogP contribution is 2.14. The van der Waals surface area contributed by atoms with Gasteiger partial charge >= 0.3 is 5.97 Å². The summed E-state index contributed by atoms with van der Waals surface area (Å²) in [5.41, 5.74) is 0. The number of esters is 1. The molecule has 0 N–H and O–H groups in total. The van der Waals surface area contributed by atoms with Gasteiger partial charge in [0.2, 0.25) is 0 Å². The molecule has 0 aliphatic rings. The van der Waals surface area contributed by atoms with E-state index in [1.165, 1.54) is 83.5 Å². The predicted octanol–water partition coefficient (Wildman–Crippen LogP) is 8.25. The average Bonchev–Trinajstić information content (AvgIpc) is 2.67. The minimum Gasteiger partial charge on any atom is -0.463 e. The fraction of sp³-hybridized carbons (Fsp3) is 0.958. The molecule has 0 spiro atoms. The first-order valence-corrected chi connectivity index (χ1v) is 16.2. The molecule has 0 radical (unpaired) electrons. The van der Waals surface area contributed by atoms with Crippen LogP contribution in [-0.2, 0) is 14.0 Å². The number of carbonyl (C=O) groups is 1. The summed E-state index contributed by atoms with van der Waals surface area (Å²) in [5.74, 6) is 0.255. The normalized spacial score (nSPS) is 12.9. The lowest BCUT2D eigenvalue weighted by Gasteiger charge is -2.24. The maximum absolute atomic E-state index is 11.9. The molecule has 0 aromatic heterocycles. The molecule has 0 aromatic rings. The van der Waals surface area contributed by atoms with Crippen LogP contribution in [0.4, 0.5) is 0 Å². The van der Waals surface area contributed by atoms with Gasteiger partial charge in [-0.3, -0.25) is 4.79 Å². The average molecular weight is 449 g/mol. The Morgan fingerprint density at radius 3 is 1.55 bits per heavy atom. The SMILES string of the molecule is CCCCCCCCCCCCCCCCCC(=O)OC[C@H](CCl)O[Si](C)(C)C. The summed E-state index contributed by atoms with van der Waals surface area (Å²) in [6.07, 6.45) is 20.3. The first kappa shape index (κ1) is 28.9. The van der Waals surface area contributed by atoms with Crippen molar-refractivity contribution >= 4 is 25.9 Å². The fourth-order valence-electron chi connectivity index (χ4n) is 3.51. The van der Waals surface area contributed by atoms with Crippen LogP contribution in [0.25, 0.3) is 0 Å². The van der Waals surface area contributed by atoms with Gasteiger partial charge in [0.15, 0.2) is 8.32 Å². The van der Waals surface area contributed by atoms with Crippen LogP contribution >= 0.6 is 11.6 Å². The van der Waals surface area contributed by atoms with Crippen molar-refractivity contribution in [1.82, 2.24) is 0 Å². The summed E-state index contributed by atoms with van der Waals surface area (Å²) in [5, 5.41) is 0. The Bertz CT molecular complexity index is 372. The van der Waals surface area contributed by atoms with Crippen molar-refractivity contribution in [2.75, 3.05) is 12.5 Å². The highest BCUT2D eigenvalue weighted by molar-refractivity contribution is 6.69. The monoisotopic (exact) mass is 448 g/mol. The lowest BCUT2D eigenvalue weighted by molar-refractivity contribution is -0.146. The second-order valence-electron chi connectivity index (χ2n) is 9.39. The van der Waals surface area contributed by atoms with Gasteiger partial charge < -0.3 is 9.16 Å². The Kier molecular flexibility index (Phi) is 19.8. The van der Waals surface area contributed by atoms with E-state index in [-0.39, 0.29) is 18.7 Å². The van der Waals surface area contributed by atoms with Gasteiger partial charge in [-0.25, -0.2) is 0 Å². The molecule has 0 aliphatic heterocycles. The minimum absolute atomic E-state index is 0.117. The van der Waals surface area contributed by atoms with Crippen LogP contribution in [0, 0.1) is 0 Å². The van der Waals surface area contributed by atoms with E-state index in [1.807, 2.05) is 0 Å². The van der Waals surface area contributed by atoms with Crippen molar-refractivity contribution in [3.05, 3.63) is 0 Å². The zero-order valence-electron chi connectivity index (χ0n) is 19.9. The van der Waals surface area contributed by atoms with E-state index in [1.54, 1.807) is 0 Å². The van der Waals surface area contributed by atoms with E-state index in [0.717, 1.165) is 12.8 Å². The van der Waals surface area contributed by atoms with Crippen molar-refractivity contribution in [3.63, 3.8) is 0 Å². The first-order valence-electron chi connectivity index (χ1n) is 12.3. The molecular weight excluding hydrogens is 400 g/mol. The van der Waals surface area contributed by atoms with Crippen molar-refractivity contribution in [2.24, 2.45) is 0 Å². The van der Waals surface area contributed by atoms with Gasteiger partial charge in [0, 0.05) is 6.42 Å². The lowest BCUT2D eigenvalue weighted by Crippen LogP contribution is -2.36. The minimum atomic E-state index is -1.65. The van der Waals surface area contributed by atoms with E-state index in [2.05, 4.69) is 26.6 Å². The molecule has 0 aromatic carbocycles. The standard InChI is InChI=1S/C24H49ClO3Si/c1-5-6-7-8-9-10-11-12-13-14-15-16-17-18-19-20-24(26)27-22-23(21-25)28-29(2,3)4/h23H,5-22H2,1-4H3/t23-/m0/s1. The molecule has 29 heavy (non-hydrogen) atoms. The van der Waals surface area contributed by atoms with E-state index in [4.69, 9.17) is 20.8 Å². The molecule has 0 aliphatic carbocycles. The van der Waals surface area contributed by atoms with E-state index >= 15 is 0 Å². The smallest absolute Gasteiger partial charge is 0.305 e. The van der Waals surface area contributed by atoms with Crippen LogP contribution in [0.15, 0.2) is 0 Å². The molecule has 0 saturated heterocycles. The van der Waals surface area contributed by atoms with Gasteiger partial charge in [-0.1, -0.05) is 96.8 Å². The summed E-state index contributed by atoms with van der Waals surface area (Å²) < 4.78 is 11.2. The summed E-state index contributed by atoms with van der Waals surface area (Å²) in [4.78, 5) is 11.9. The number of alkyl halides is 1. The molecule has 0 bridgehead atoms. The lowest BCUT2D eigenvalue weighted by atomic mass is 10.0. The van der Waals surface area contributed by atoms with Crippen LogP contribution in [0.2, 0.25) is 19.6 Å². The van der Waals surface area contributed by atoms with Gasteiger partial charge in [0.1, 0.15) is 6.61 Å². The highest BCUT2D eigenvalue weighted by atomic mass is 35.5. The zero-order valence-corrected chi connectivity index (χ0v) is 21.7. The number of carbonyl (C=O) groups excluding carboxylic acids is 1. The summed E-state index contributed by atoms with van der Waals surface area (Å²) in [6.45, 7) is 8.90. The molecule has 5 heteroatoms. The third-order valence-corrected chi connectivity index (χ3v) is 6.49. The van der Waals surface area contributed by atoms with Crippen LogP contribution in [0.5, 0.6) is 0 Å². The summed E-state index contributed by atoms with van der Waals surface area (Å²) in [6, 6.07) is 0. The molecule has 0 unspecified atom stereocenters. The van der Waals surface area contributed by atoms with Crippen molar-refractivity contribution in [1.29, 1.82) is 0 Å². The number of rotatable bonds is 21. The van der Waals surface area contributed by atoms with Crippen molar-refractivity contribution in [2.45, 2.75) is 135 Å². The number of halogens is 1. The Hall–Kier alpha value is -0.0631. The molecule has 174 valence electrons. The number of ether oxygens (including phenoxy) is 1. The van der Waals surface area contributed by atoms with Gasteiger partial charge in [-0.2, -0.15) is 0 Å². The Morgan fingerprint density at radius 1 is 0.759 bits per heavy atom. The molecule has 3 nitrogen and oxygen atoms in total. The van der Waals surface area contributed by atoms with Crippen LogP contribution < -0.4 is 0 Å². The largest absolute Gasteiger partial charge is 0.463 e. The molecule has 0 amide bonds. The van der Waals surface area contributed by atoms with Gasteiger partial charge in [0.05, 0.1) is 12.0 Å². The molecule has 1 atom stereocenters. The fourth-order valence-corrected chi connectivity index (χ4v) is 4.92. The highest BCUT2D eigenvalue weighted by Gasteiger charge is 2.21. The predicted molar refractivity (Wildman–Crippen MR) is 129 cm³/mol. The van der Waals surface area contributed by atoms with E-state index in [9.17, 15) is 4.79 Å². The topological polar surface area (TPSA) is 35.5 Å². The number of hydrogen-bond donors (Lipinski definition) is 0. The van der Waals surface area contributed by atoms with Crippen molar-refractivity contribution < 1.29 is 14.0 Å². The van der Waals surface area contributed by atoms with Crippen molar-refractivity contribution in [3.8, 4) is 0 Å². The van der Waals surface area contributed by atoms with E-state index in [0.29, 0.717) is 12.3 Å². The van der Waals surface area contributed by atoms with Gasteiger partial charge in [-0.05, 0) is 26.1 Å². The number of unbranched alkanes of at least 4 members (excludes halogenated alkanes) is 14. The Balaban J connectivity index is 3.36. The summed E-state index contributed by atoms with van der Waals surface area (Å²) in [7, 11) is -1.65. The third kappa shape index (κ3) is 22.4. The third-order valence-electron chi connectivity index (χ3n) is 5.11. The van der Waals surface area contributed by atoms with Crippen LogP contribution in [-0.4, -0.2) is 32.9 Å². The van der Waals surface area contributed by atoms with Crippen LogP contribution in [0.1, 0.15) is 110 Å². The van der Waals surface area contributed by atoms with Crippen LogP contribution in [0.3, 0.4) is 0 Å². The second-order valence-corrected chi connectivity index (χ2v) is 14.2. The Morgan fingerprint density at radius 2 is 1.17 bits per heavy atom. The molecule has 0 rings (SSSR count). The Labute approximate surface area is 187 Å². The quantitative estimate of drug-likeness (QED) is 0.0766. The van der Waals surface area contributed by atoms with E-state index < -0.39 is 8.32 Å². The maximum Gasteiger partial charge on any atom is 0.305 e. The molecule has 0 saturated carbocycles. The molecule has 0 heterocycles. The molecule has 0 fully saturated rings. The summed E-state index contributed by atoms with van der Waals surface area (Å²) >= 11 is 5.91. The maximum atomic E-state index is 11.9. The molecular formula is C24H49ClO3Si. The first-order chi connectivity index (χ1) is 13.9. The van der Waals surface area contributed by atoms with Gasteiger partial charge in [-0.15, -0.1) is 11.6 Å².